The molecule has 0 aliphatic carbocycles. The maximum Gasteiger partial charge on any atom is 0.261 e. The van der Waals surface area contributed by atoms with Gasteiger partial charge in [-0.15, -0.1) is 5.10 Å². The van der Waals surface area contributed by atoms with Gasteiger partial charge in [-0.05, 0) is 18.8 Å². The molecule has 7 nitrogen and oxygen atoms in total. The lowest BCUT2D eigenvalue weighted by atomic mass is 9.89. The maximum atomic E-state index is 12.3. The lowest BCUT2D eigenvalue weighted by Crippen LogP contribution is -2.44. The van der Waals surface area contributed by atoms with Crippen molar-refractivity contribution in [2.75, 3.05) is 6.61 Å². The molecule has 2 atom stereocenters. The zero-order valence-corrected chi connectivity index (χ0v) is 13.6. The number of aromatic nitrogens is 3. The third-order valence-electron chi connectivity index (χ3n) is 4.07. The van der Waals surface area contributed by atoms with E-state index in [1.807, 2.05) is 0 Å². The number of aryl methyl sites for hydroxylation is 1. The molecule has 2 heterocycles. The van der Waals surface area contributed by atoms with Crippen molar-refractivity contribution in [3.63, 3.8) is 0 Å². The van der Waals surface area contributed by atoms with Gasteiger partial charge in [0.2, 0.25) is 5.03 Å². The molecule has 1 fully saturated rings. The van der Waals surface area contributed by atoms with Crippen molar-refractivity contribution >= 4 is 10.0 Å². The van der Waals surface area contributed by atoms with Gasteiger partial charge in [-0.1, -0.05) is 31.9 Å². The van der Waals surface area contributed by atoms with Gasteiger partial charge in [0.05, 0.1) is 12.3 Å². The van der Waals surface area contributed by atoms with Gasteiger partial charge in [-0.2, -0.15) is 0 Å². The zero-order chi connectivity index (χ0) is 15.5. The standard InChI is InChI=1S/C13H24N4O3S/c1-4-10(5-2)12-8-11(6-7-20-12)15-21(18,19)13-9-17(3)16-14-13/h9-12,15H,4-8H2,1-3H3. The smallest absolute Gasteiger partial charge is 0.261 e. The molecule has 21 heavy (non-hydrogen) atoms. The van der Waals surface area contributed by atoms with Gasteiger partial charge in [0.15, 0.2) is 0 Å². The number of nitrogens with zero attached hydrogens (tertiary/aromatic N) is 3. The second-order valence-corrected chi connectivity index (χ2v) is 7.22. The van der Waals surface area contributed by atoms with Crippen molar-refractivity contribution in [1.82, 2.24) is 19.7 Å². The molecule has 120 valence electrons. The molecule has 1 N–H and O–H groups in total. The largest absolute Gasteiger partial charge is 0.378 e. The van der Waals surface area contributed by atoms with E-state index in [1.165, 1.54) is 10.9 Å². The first-order chi connectivity index (χ1) is 9.96. The minimum atomic E-state index is -3.60. The van der Waals surface area contributed by atoms with E-state index < -0.39 is 10.0 Å². The van der Waals surface area contributed by atoms with Crippen LogP contribution in [0.4, 0.5) is 0 Å². The highest BCUT2D eigenvalue weighted by atomic mass is 32.2. The molecule has 0 bridgehead atoms. The van der Waals surface area contributed by atoms with Gasteiger partial charge in [-0.3, -0.25) is 4.68 Å². The Hall–Kier alpha value is -0.990. The van der Waals surface area contributed by atoms with Crippen LogP contribution in [0.1, 0.15) is 39.5 Å². The van der Waals surface area contributed by atoms with Crippen LogP contribution >= 0.6 is 0 Å². The summed E-state index contributed by atoms with van der Waals surface area (Å²) in [5.41, 5.74) is 0. The highest BCUT2D eigenvalue weighted by Crippen LogP contribution is 2.25. The topological polar surface area (TPSA) is 86.1 Å². The van der Waals surface area contributed by atoms with E-state index in [0.29, 0.717) is 25.4 Å². The van der Waals surface area contributed by atoms with Crippen molar-refractivity contribution in [1.29, 1.82) is 0 Å². The van der Waals surface area contributed by atoms with Crippen LogP contribution in [-0.4, -0.2) is 42.2 Å². The lowest BCUT2D eigenvalue weighted by molar-refractivity contribution is -0.0318. The summed E-state index contributed by atoms with van der Waals surface area (Å²) in [4.78, 5) is 0. The van der Waals surface area contributed by atoms with E-state index in [1.54, 1.807) is 7.05 Å². The Morgan fingerprint density at radius 3 is 2.76 bits per heavy atom. The van der Waals surface area contributed by atoms with Gasteiger partial charge in [-0.25, -0.2) is 13.1 Å². The summed E-state index contributed by atoms with van der Waals surface area (Å²) in [5.74, 6) is 0.480. The predicted octanol–water partition coefficient (Wildman–Crippen LogP) is 1.08. The van der Waals surface area contributed by atoms with Crippen molar-refractivity contribution in [3.8, 4) is 0 Å². The number of ether oxygens (including phenoxy) is 1. The van der Waals surface area contributed by atoms with Crippen LogP contribution in [0.3, 0.4) is 0 Å². The molecule has 0 radical (unpaired) electrons. The minimum absolute atomic E-state index is 0.0319. The number of hydrogen-bond donors (Lipinski definition) is 1. The fourth-order valence-corrected chi connectivity index (χ4v) is 4.02. The molecule has 2 unspecified atom stereocenters. The molecule has 0 saturated carbocycles. The molecule has 1 saturated heterocycles. The summed E-state index contributed by atoms with van der Waals surface area (Å²) < 4.78 is 34.4. The fraction of sp³-hybridized carbons (Fsp3) is 0.846. The Bertz CT molecular complexity index is 554. The van der Waals surface area contributed by atoms with Crippen LogP contribution in [0.25, 0.3) is 0 Å². The van der Waals surface area contributed by atoms with Crippen LogP contribution in [0.5, 0.6) is 0 Å². The number of sulfonamides is 1. The van der Waals surface area contributed by atoms with E-state index >= 15 is 0 Å². The van der Waals surface area contributed by atoms with Crippen LogP contribution in [0.2, 0.25) is 0 Å². The van der Waals surface area contributed by atoms with Gasteiger partial charge < -0.3 is 4.74 Å². The maximum absolute atomic E-state index is 12.3. The molecule has 1 aliphatic heterocycles. The quantitative estimate of drug-likeness (QED) is 0.848. The van der Waals surface area contributed by atoms with Crippen LogP contribution in [0.15, 0.2) is 11.2 Å². The second kappa shape index (κ2) is 6.85. The Kier molecular flexibility index (Phi) is 5.34. The summed E-state index contributed by atoms with van der Waals surface area (Å²) in [6, 6.07) is -0.101. The van der Waals surface area contributed by atoms with Crippen molar-refractivity contribution < 1.29 is 13.2 Å². The van der Waals surface area contributed by atoms with Gasteiger partial charge in [0.25, 0.3) is 10.0 Å². The van der Waals surface area contributed by atoms with E-state index in [0.717, 1.165) is 12.8 Å². The molecule has 1 aromatic heterocycles. The lowest BCUT2D eigenvalue weighted by Gasteiger charge is -2.34. The molecular weight excluding hydrogens is 292 g/mol. The van der Waals surface area contributed by atoms with Gasteiger partial charge >= 0.3 is 0 Å². The number of hydrogen-bond acceptors (Lipinski definition) is 5. The minimum Gasteiger partial charge on any atom is -0.378 e. The molecule has 8 heteroatoms. The molecule has 1 aromatic rings. The number of rotatable bonds is 6. The zero-order valence-electron chi connectivity index (χ0n) is 12.8. The van der Waals surface area contributed by atoms with Crippen LogP contribution in [-0.2, 0) is 21.8 Å². The average Bonchev–Trinajstić information content (AvgIpc) is 2.88. The van der Waals surface area contributed by atoms with E-state index in [9.17, 15) is 8.42 Å². The monoisotopic (exact) mass is 316 g/mol. The predicted molar refractivity (Wildman–Crippen MR) is 78.2 cm³/mol. The fourth-order valence-electron chi connectivity index (χ4n) is 2.81. The highest BCUT2D eigenvalue weighted by Gasteiger charge is 2.31. The second-order valence-electron chi connectivity index (χ2n) is 5.56. The average molecular weight is 316 g/mol. The van der Waals surface area contributed by atoms with Gasteiger partial charge in [0, 0.05) is 19.7 Å². The highest BCUT2D eigenvalue weighted by molar-refractivity contribution is 7.89. The normalized spacial score (nSPS) is 23.6. The van der Waals surface area contributed by atoms with Crippen molar-refractivity contribution in [2.45, 2.75) is 56.7 Å². The number of nitrogens with one attached hydrogen (secondary N) is 1. The first-order valence-corrected chi connectivity index (χ1v) is 8.94. The van der Waals surface area contributed by atoms with Crippen LogP contribution in [0, 0.1) is 5.92 Å². The molecule has 0 amide bonds. The van der Waals surface area contributed by atoms with Crippen molar-refractivity contribution in [2.24, 2.45) is 13.0 Å². The summed E-state index contributed by atoms with van der Waals surface area (Å²) in [5, 5.41) is 7.31. The van der Waals surface area contributed by atoms with Crippen LogP contribution < -0.4 is 4.72 Å². The third kappa shape index (κ3) is 4.02. The van der Waals surface area contributed by atoms with E-state index in [-0.39, 0.29) is 17.2 Å². The summed E-state index contributed by atoms with van der Waals surface area (Å²) in [7, 11) is -1.96. The Morgan fingerprint density at radius 1 is 1.48 bits per heavy atom. The summed E-state index contributed by atoms with van der Waals surface area (Å²) >= 11 is 0. The third-order valence-corrected chi connectivity index (χ3v) is 5.45. The summed E-state index contributed by atoms with van der Waals surface area (Å²) in [6.07, 6.45) is 5.03. The first-order valence-electron chi connectivity index (χ1n) is 7.46. The Labute approximate surface area is 126 Å². The van der Waals surface area contributed by atoms with E-state index in [4.69, 9.17) is 4.74 Å². The molecular formula is C13H24N4O3S. The SMILES string of the molecule is CCC(CC)C1CC(NS(=O)(=O)c2cn(C)nn2)CCO1. The summed E-state index contributed by atoms with van der Waals surface area (Å²) in [6.45, 7) is 4.88. The Balaban J connectivity index is 2.02. The van der Waals surface area contributed by atoms with Gasteiger partial charge in [0.1, 0.15) is 0 Å². The Morgan fingerprint density at radius 2 is 2.19 bits per heavy atom. The molecule has 0 spiro atoms. The molecule has 0 aromatic carbocycles. The molecule has 1 aliphatic rings. The van der Waals surface area contributed by atoms with Crippen molar-refractivity contribution in [3.05, 3.63) is 6.20 Å². The van der Waals surface area contributed by atoms with E-state index in [2.05, 4.69) is 28.9 Å². The first kappa shape index (κ1) is 16.4. The molecule has 2 rings (SSSR count).